The molecule has 0 saturated carbocycles. The van der Waals surface area contributed by atoms with Gasteiger partial charge in [-0.1, -0.05) is 12.1 Å². The summed E-state index contributed by atoms with van der Waals surface area (Å²) >= 11 is 0. The van der Waals surface area contributed by atoms with Gasteiger partial charge in [0.25, 0.3) is 0 Å². The predicted molar refractivity (Wildman–Crippen MR) is 67.4 cm³/mol. The molecule has 1 heterocycles. The van der Waals surface area contributed by atoms with Crippen LogP contribution in [-0.4, -0.2) is 4.98 Å². The molecule has 86 valence electrons. The number of benzene rings is 1. The van der Waals surface area contributed by atoms with Crippen LogP contribution in [0, 0.1) is 22.7 Å². The van der Waals surface area contributed by atoms with Crippen LogP contribution in [0.3, 0.4) is 0 Å². The van der Waals surface area contributed by atoms with E-state index in [1.165, 1.54) is 0 Å². The van der Waals surface area contributed by atoms with Gasteiger partial charge in [0, 0.05) is 6.54 Å². The van der Waals surface area contributed by atoms with Crippen molar-refractivity contribution in [2.24, 2.45) is 0 Å². The molecule has 2 aromatic rings. The Labute approximate surface area is 105 Å². The van der Waals surface area contributed by atoms with Crippen molar-refractivity contribution in [2.75, 3.05) is 5.32 Å². The van der Waals surface area contributed by atoms with E-state index in [4.69, 9.17) is 10.5 Å². The summed E-state index contributed by atoms with van der Waals surface area (Å²) in [6.07, 6.45) is 1.63. The van der Waals surface area contributed by atoms with Gasteiger partial charge in [0.2, 0.25) is 0 Å². The summed E-state index contributed by atoms with van der Waals surface area (Å²) in [6, 6.07) is 14.9. The topological polar surface area (TPSA) is 72.5 Å². The second-order valence-corrected chi connectivity index (χ2v) is 3.71. The van der Waals surface area contributed by atoms with Crippen molar-refractivity contribution in [3.8, 4) is 12.1 Å². The summed E-state index contributed by atoms with van der Waals surface area (Å²) in [5.41, 5.74) is 2.99. The van der Waals surface area contributed by atoms with Crippen LogP contribution in [0.2, 0.25) is 0 Å². The van der Waals surface area contributed by atoms with E-state index in [1.807, 2.05) is 24.3 Å². The molecule has 2 rings (SSSR count). The molecule has 1 aromatic heterocycles. The lowest BCUT2D eigenvalue weighted by molar-refractivity contribution is 1.13. The molecule has 1 aromatic carbocycles. The van der Waals surface area contributed by atoms with Crippen molar-refractivity contribution in [3.05, 3.63) is 59.4 Å². The first-order valence-electron chi connectivity index (χ1n) is 5.41. The number of anilines is 1. The molecule has 0 aliphatic heterocycles. The van der Waals surface area contributed by atoms with Crippen LogP contribution in [-0.2, 0) is 6.54 Å². The second-order valence-electron chi connectivity index (χ2n) is 3.71. The van der Waals surface area contributed by atoms with Crippen molar-refractivity contribution < 1.29 is 0 Å². The largest absolute Gasteiger partial charge is 0.380 e. The van der Waals surface area contributed by atoms with E-state index in [0.29, 0.717) is 17.8 Å². The third kappa shape index (κ3) is 2.84. The molecule has 0 bridgehead atoms. The molecule has 4 nitrogen and oxygen atoms in total. The monoisotopic (exact) mass is 234 g/mol. The first kappa shape index (κ1) is 11.6. The zero-order chi connectivity index (χ0) is 12.8. The van der Waals surface area contributed by atoms with E-state index in [-0.39, 0.29) is 0 Å². The fraction of sp³-hybridized carbons (Fsp3) is 0.0714. The third-order valence-corrected chi connectivity index (χ3v) is 2.46. The molecule has 1 N–H and O–H groups in total. The molecular weight excluding hydrogens is 224 g/mol. The highest BCUT2D eigenvalue weighted by Crippen LogP contribution is 2.09. The number of nitriles is 2. The Morgan fingerprint density at radius 3 is 2.33 bits per heavy atom. The Bertz CT molecular complexity index is 543. The summed E-state index contributed by atoms with van der Waals surface area (Å²) in [7, 11) is 0. The lowest BCUT2D eigenvalue weighted by Crippen LogP contribution is -1.99. The first-order valence-corrected chi connectivity index (χ1v) is 5.41. The van der Waals surface area contributed by atoms with E-state index in [1.54, 1.807) is 24.4 Å². The Kier molecular flexibility index (Phi) is 3.53. The number of hydrogen-bond acceptors (Lipinski definition) is 4. The number of rotatable bonds is 3. The molecule has 0 fully saturated rings. The molecule has 0 aliphatic carbocycles. The van der Waals surface area contributed by atoms with Gasteiger partial charge in [-0.3, -0.25) is 0 Å². The zero-order valence-electron chi connectivity index (χ0n) is 9.59. The first-order chi connectivity index (χ1) is 8.81. The fourth-order valence-electron chi connectivity index (χ4n) is 1.47. The number of hydrogen-bond donors (Lipinski definition) is 1. The molecule has 0 unspecified atom stereocenters. The number of pyridine rings is 1. The molecule has 0 radical (unpaired) electrons. The minimum Gasteiger partial charge on any atom is -0.380 e. The number of aromatic nitrogens is 1. The summed E-state index contributed by atoms with van der Waals surface area (Å²) in [6.45, 7) is 0.652. The SMILES string of the molecule is N#Cc1ccc(CNc2ccc(C#N)nc2)cc1. The van der Waals surface area contributed by atoms with E-state index in [0.717, 1.165) is 11.3 Å². The lowest BCUT2D eigenvalue weighted by Gasteiger charge is -2.05. The van der Waals surface area contributed by atoms with Crippen molar-refractivity contribution in [2.45, 2.75) is 6.54 Å². The van der Waals surface area contributed by atoms with Gasteiger partial charge in [-0.2, -0.15) is 10.5 Å². The van der Waals surface area contributed by atoms with Gasteiger partial charge in [-0.05, 0) is 29.8 Å². The maximum atomic E-state index is 8.69. The smallest absolute Gasteiger partial charge is 0.140 e. The Balaban J connectivity index is 1.98. The molecule has 18 heavy (non-hydrogen) atoms. The van der Waals surface area contributed by atoms with Gasteiger partial charge in [0.15, 0.2) is 0 Å². The highest BCUT2D eigenvalue weighted by molar-refractivity contribution is 5.43. The minimum atomic E-state index is 0.402. The van der Waals surface area contributed by atoms with Crippen molar-refractivity contribution in [3.63, 3.8) is 0 Å². The summed E-state index contributed by atoms with van der Waals surface area (Å²) < 4.78 is 0. The normalized spacial score (nSPS) is 9.22. The van der Waals surface area contributed by atoms with Gasteiger partial charge in [0.05, 0.1) is 23.5 Å². The van der Waals surface area contributed by atoms with E-state index < -0.39 is 0 Å². The average molecular weight is 234 g/mol. The number of nitrogens with zero attached hydrogens (tertiary/aromatic N) is 3. The lowest BCUT2D eigenvalue weighted by atomic mass is 10.1. The fourth-order valence-corrected chi connectivity index (χ4v) is 1.47. The van der Waals surface area contributed by atoms with Crippen LogP contribution in [0.5, 0.6) is 0 Å². The van der Waals surface area contributed by atoms with Crippen molar-refractivity contribution in [1.29, 1.82) is 10.5 Å². The van der Waals surface area contributed by atoms with E-state index >= 15 is 0 Å². The Hall–Kier alpha value is -2.85. The summed E-state index contributed by atoms with van der Waals surface area (Å²) in [5.74, 6) is 0. The number of nitrogens with one attached hydrogen (secondary N) is 1. The van der Waals surface area contributed by atoms with E-state index in [2.05, 4.69) is 16.4 Å². The summed E-state index contributed by atoms with van der Waals surface area (Å²) in [4.78, 5) is 3.97. The van der Waals surface area contributed by atoms with Gasteiger partial charge in [0.1, 0.15) is 11.8 Å². The van der Waals surface area contributed by atoms with Gasteiger partial charge in [-0.15, -0.1) is 0 Å². The van der Waals surface area contributed by atoms with Crippen LogP contribution in [0.4, 0.5) is 5.69 Å². The quantitative estimate of drug-likeness (QED) is 0.885. The second kappa shape index (κ2) is 5.47. The highest BCUT2D eigenvalue weighted by atomic mass is 14.9. The standard InChI is InChI=1S/C14H10N4/c15-7-11-1-3-12(4-2-11)9-17-14-6-5-13(8-16)18-10-14/h1-6,10,17H,9H2. The van der Waals surface area contributed by atoms with Crippen LogP contribution in [0.25, 0.3) is 0 Å². The molecular formula is C14H10N4. The van der Waals surface area contributed by atoms with Crippen LogP contribution in [0.15, 0.2) is 42.6 Å². The predicted octanol–water partition coefficient (Wildman–Crippen LogP) is 2.44. The third-order valence-electron chi connectivity index (χ3n) is 2.46. The molecule has 0 spiro atoms. The van der Waals surface area contributed by atoms with Gasteiger partial charge >= 0.3 is 0 Å². The van der Waals surface area contributed by atoms with Gasteiger partial charge < -0.3 is 5.32 Å². The van der Waals surface area contributed by atoms with Crippen LogP contribution < -0.4 is 5.32 Å². The maximum absolute atomic E-state index is 8.69. The molecule has 0 aliphatic rings. The van der Waals surface area contributed by atoms with Crippen molar-refractivity contribution in [1.82, 2.24) is 4.98 Å². The molecule has 4 heteroatoms. The Morgan fingerprint density at radius 1 is 1.00 bits per heavy atom. The maximum Gasteiger partial charge on any atom is 0.140 e. The average Bonchev–Trinajstić information content (AvgIpc) is 2.46. The van der Waals surface area contributed by atoms with Crippen molar-refractivity contribution >= 4 is 5.69 Å². The Morgan fingerprint density at radius 2 is 1.78 bits per heavy atom. The highest BCUT2D eigenvalue weighted by Gasteiger charge is 1.96. The van der Waals surface area contributed by atoms with Crippen LogP contribution >= 0.6 is 0 Å². The molecule has 0 atom stereocenters. The zero-order valence-corrected chi connectivity index (χ0v) is 9.59. The van der Waals surface area contributed by atoms with Crippen LogP contribution in [0.1, 0.15) is 16.8 Å². The summed E-state index contributed by atoms with van der Waals surface area (Å²) in [5, 5.41) is 20.5. The molecule has 0 amide bonds. The molecule has 0 saturated heterocycles. The van der Waals surface area contributed by atoms with E-state index in [9.17, 15) is 0 Å². The van der Waals surface area contributed by atoms with Gasteiger partial charge in [-0.25, -0.2) is 4.98 Å². The minimum absolute atomic E-state index is 0.402.